The number of para-hydroxylation sites is 1. The van der Waals surface area contributed by atoms with Crippen LogP contribution in [0.5, 0.6) is 5.75 Å². The summed E-state index contributed by atoms with van der Waals surface area (Å²) in [6.45, 7) is 4.83. The molecule has 0 heterocycles. The van der Waals surface area contributed by atoms with E-state index in [0.717, 1.165) is 41.2 Å². The van der Waals surface area contributed by atoms with Gasteiger partial charge in [-0.05, 0) is 60.4 Å². The number of hydrogen-bond donors (Lipinski definition) is 1. The molecule has 3 nitrogen and oxygen atoms in total. The average molecular weight is 406 g/mol. The normalized spacial score (nSPS) is 10.6. The molecule has 0 fully saturated rings. The van der Waals surface area contributed by atoms with E-state index in [2.05, 4.69) is 49.5 Å². The number of anilines is 1. The number of carbonyl (C=O) groups excluding carboxylic acids is 1. The fourth-order valence-electron chi connectivity index (χ4n) is 3.13. The Balaban J connectivity index is 1.55. The van der Waals surface area contributed by atoms with Crippen LogP contribution < -0.4 is 10.1 Å². The third-order valence-electron chi connectivity index (χ3n) is 4.72. The Hall–Kier alpha value is -2.72. The first-order valence-corrected chi connectivity index (χ1v) is 11.0. The zero-order valence-corrected chi connectivity index (χ0v) is 17.8. The fraction of sp³-hybridized carbons (Fsp3) is 0.240. The summed E-state index contributed by atoms with van der Waals surface area (Å²) in [7, 11) is 0. The number of amides is 1. The number of carbonyl (C=O) groups is 1. The predicted molar refractivity (Wildman–Crippen MR) is 122 cm³/mol. The van der Waals surface area contributed by atoms with E-state index >= 15 is 0 Å². The molecule has 0 saturated heterocycles. The van der Waals surface area contributed by atoms with Crippen molar-refractivity contribution in [3.05, 3.63) is 89.5 Å². The van der Waals surface area contributed by atoms with E-state index in [1.807, 2.05) is 42.5 Å². The van der Waals surface area contributed by atoms with Gasteiger partial charge in [0, 0.05) is 21.9 Å². The molecule has 0 unspecified atom stereocenters. The standard InChI is InChI=1S/C25H27NO2S/c1-3-19-9-8-10-20(4-2)24(19)26-25(27)21-13-15-22(16-14-21)28-17-18-29-23-11-6-5-7-12-23/h5-16H,3-4,17-18H2,1-2H3,(H,26,27). The minimum atomic E-state index is -0.0909. The van der Waals surface area contributed by atoms with Crippen molar-refractivity contribution in [2.75, 3.05) is 17.7 Å². The van der Waals surface area contributed by atoms with E-state index in [0.29, 0.717) is 12.2 Å². The number of aryl methyl sites for hydroxylation is 2. The second-order valence-electron chi connectivity index (χ2n) is 6.65. The Morgan fingerprint density at radius 2 is 1.52 bits per heavy atom. The first kappa shape index (κ1) is 21.0. The lowest BCUT2D eigenvalue weighted by molar-refractivity contribution is 0.102. The lowest BCUT2D eigenvalue weighted by Crippen LogP contribution is -2.14. The second kappa shape index (κ2) is 10.7. The van der Waals surface area contributed by atoms with Crippen LogP contribution in [-0.4, -0.2) is 18.3 Å². The molecule has 0 aliphatic carbocycles. The summed E-state index contributed by atoms with van der Waals surface area (Å²) < 4.78 is 5.80. The molecule has 29 heavy (non-hydrogen) atoms. The Morgan fingerprint density at radius 3 is 2.14 bits per heavy atom. The summed E-state index contributed by atoms with van der Waals surface area (Å²) >= 11 is 1.77. The van der Waals surface area contributed by atoms with Gasteiger partial charge in [0.2, 0.25) is 0 Å². The van der Waals surface area contributed by atoms with Gasteiger partial charge in [0.05, 0.1) is 6.61 Å². The van der Waals surface area contributed by atoms with Gasteiger partial charge in [0.25, 0.3) is 5.91 Å². The molecule has 0 atom stereocenters. The summed E-state index contributed by atoms with van der Waals surface area (Å²) in [4.78, 5) is 14.0. The van der Waals surface area contributed by atoms with Crippen LogP contribution in [0.3, 0.4) is 0 Å². The maximum Gasteiger partial charge on any atom is 0.255 e. The molecule has 3 rings (SSSR count). The van der Waals surface area contributed by atoms with Crippen molar-refractivity contribution in [1.82, 2.24) is 0 Å². The maximum absolute atomic E-state index is 12.7. The van der Waals surface area contributed by atoms with E-state index < -0.39 is 0 Å². The molecular weight excluding hydrogens is 378 g/mol. The monoisotopic (exact) mass is 405 g/mol. The van der Waals surface area contributed by atoms with Crippen LogP contribution in [0.15, 0.2) is 77.7 Å². The van der Waals surface area contributed by atoms with Crippen LogP contribution in [0.25, 0.3) is 0 Å². The highest BCUT2D eigenvalue weighted by Crippen LogP contribution is 2.24. The van der Waals surface area contributed by atoms with Crippen LogP contribution in [-0.2, 0) is 12.8 Å². The molecule has 3 aromatic carbocycles. The molecule has 0 aromatic heterocycles. The van der Waals surface area contributed by atoms with Crippen LogP contribution in [0, 0.1) is 0 Å². The van der Waals surface area contributed by atoms with Gasteiger partial charge in [-0.2, -0.15) is 0 Å². The molecule has 4 heteroatoms. The molecule has 0 saturated carbocycles. The summed E-state index contributed by atoms with van der Waals surface area (Å²) in [5.74, 6) is 1.56. The average Bonchev–Trinajstić information content (AvgIpc) is 2.78. The molecular formula is C25H27NO2S. The summed E-state index contributed by atoms with van der Waals surface area (Å²) in [6.07, 6.45) is 1.77. The van der Waals surface area contributed by atoms with E-state index in [9.17, 15) is 4.79 Å². The molecule has 3 aromatic rings. The Kier molecular flexibility index (Phi) is 7.77. The zero-order valence-electron chi connectivity index (χ0n) is 17.0. The van der Waals surface area contributed by atoms with Crippen molar-refractivity contribution in [3.8, 4) is 5.75 Å². The smallest absolute Gasteiger partial charge is 0.255 e. The SMILES string of the molecule is CCc1cccc(CC)c1NC(=O)c1ccc(OCCSc2ccccc2)cc1. The maximum atomic E-state index is 12.7. The molecule has 0 aliphatic rings. The van der Waals surface area contributed by atoms with E-state index in [4.69, 9.17) is 4.74 Å². The number of hydrogen-bond acceptors (Lipinski definition) is 3. The number of rotatable bonds is 9. The van der Waals surface area contributed by atoms with Crippen molar-refractivity contribution in [2.24, 2.45) is 0 Å². The van der Waals surface area contributed by atoms with Crippen molar-refractivity contribution in [2.45, 2.75) is 31.6 Å². The van der Waals surface area contributed by atoms with Crippen molar-refractivity contribution in [3.63, 3.8) is 0 Å². The number of ether oxygens (including phenoxy) is 1. The molecule has 150 valence electrons. The third kappa shape index (κ3) is 5.88. The molecule has 0 spiro atoms. The summed E-state index contributed by atoms with van der Waals surface area (Å²) in [5, 5.41) is 3.10. The molecule has 1 N–H and O–H groups in total. The largest absolute Gasteiger partial charge is 0.493 e. The number of benzene rings is 3. The fourth-order valence-corrected chi connectivity index (χ4v) is 3.88. The van der Waals surface area contributed by atoms with Crippen LogP contribution >= 0.6 is 11.8 Å². The van der Waals surface area contributed by atoms with Crippen LogP contribution in [0.2, 0.25) is 0 Å². The first-order chi connectivity index (χ1) is 14.2. The number of nitrogens with one attached hydrogen (secondary N) is 1. The van der Waals surface area contributed by atoms with Crippen molar-refractivity contribution >= 4 is 23.4 Å². The van der Waals surface area contributed by atoms with E-state index in [1.165, 1.54) is 4.90 Å². The van der Waals surface area contributed by atoms with Crippen LogP contribution in [0.4, 0.5) is 5.69 Å². The van der Waals surface area contributed by atoms with Gasteiger partial charge >= 0.3 is 0 Å². The van der Waals surface area contributed by atoms with Gasteiger partial charge < -0.3 is 10.1 Å². The zero-order chi connectivity index (χ0) is 20.5. The summed E-state index contributed by atoms with van der Waals surface area (Å²) in [6, 6.07) is 23.8. The Morgan fingerprint density at radius 1 is 0.862 bits per heavy atom. The molecule has 0 aliphatic heterocycles. The minimum Gasteiger partial charge on any atom is -0.493 e. The quantitative estimate of drug-likeness (QED) is 0.338. The highest BCUT2D eigenvalue weighted by Gasteiger charge is 2.12. The Bertz CT molecular complexity index is 901. The topological polar surface area (TPSA) is 38.3 Å². The van der Waals surface area contributed by atoms with E-state index in [-0.39, 0.29) is 5.91 Å². The van der Waals surface area contributed by atoms with Crippen molar-refractivity contribution < 1.29 is 9.53 Å². The van der Waals surface area contributed by atoms with Gasteiger partial charge in [0.15, 0.2) is 0 Å². The minimum absolute atomic E-state index is 0.0909. The van der Waals surface area contributed by atoms with Gasteiger partial charge in [-0.15, -0.1) is 11.8 Å². The lowest BCUT2D eigenvalue weighted by Gasteiger charge is -2.14. The second-order valence-corrected chi connectivity index (χ2v) is 7.82. The van der Waals surface area contributed by atoms with Crippen molar-refractivity contribution in [1.29, 1.82) is 0 Å². The van der Waals surface area contributed by atoms with E-state index in [1.54, 1.807) is 11.8 Å². The van der Waals surface area contributed by atoms with Gasteiger partial charge in [-0.1, -0.05) is 50.2 Å². The summed E-state index contributed by atoms with van der Waals surface area (Å²) in [5.41, 5.74) is 3.90. The molecule has 0 radical (unpaired) electrons. The predicted octanol–water partition coefficient (Wildman–Crippen LogP) is 6.23. The highest BCUT2D eigenvalue weighted by molar-refractivity contribution is 7.99. The van der Waals surface area contributed by atoms with Crippen LogP contribution in [0.1, 0.15) is 35.3 Å². The lowest BCUT2D eigenvalue weighted by atomic mass is 10.0. The molecule has 1 amide bonds. The van der Waals surface area contributed by atoms with Gasteiger partial charge in [-0.3, -0.25) is 4.79 Å². The Labute approximate surface area is 177 Å². The van der Waals surface area contributed by atoms with Gasteiger partial charge in [-0.25, -0.2) is 0 Å². The highest BCUT2D eigenvalue weighted by atomic mass is 32.2. The number of thioether (sulfide) groups is 1. The third-order valence-corrected chi connectivity index (χ3v) is 5.69. The van der Waals surface area contributed by atoms with Gasteiger partial charge in [0.1, 0.15) is 5.75 Å². The molecule has 0 bridgehead atoms. The first-order valence-electron chi connectivity index (χ1n) is 10.0.